The van der Waals surface area contributed by atoms with Gasteiger partial charge in [-0.15, -0.1) is 0 Å². The Balaban J connectivity index is 2.23. The van der Waals surface area contributed by atoms with Crippen molar-refractivity contribution in [3.63, 3.8) is 0 Å². The lowest BCUT2D eigenvalue weighted by molar-refractivity contribution is 0.510. The maximum Gasteiger partial charge on any atom is 0.161 e. The number of nitrogen functional groups attached to an aromatic ring is 1. The zero-order chi connectivity index (χ0) is 12.7. The minimum atomic E-state index is -0.951. The minimum absolute atomic E-state index is 0.192. The van der Waals surface area contributed by atoms with Gasteiger partial charge < -0.3 is 10.7 Å². The number of aromatic amines is 1. The van der Waals surface area contributed by atoms with Crippen LogP contribution in [0.1, 0.15) is 0 Å². The summed E-state index contributed by atoms with van der Waals surface area (Å²) in [5.74, 6) is -1.38. The van der Waals surface area contributed by atoms with Gasteiger partial charge >= 0.3 is 0 Å². The number of benzene rings is 1. The Morgan fingerprint density at radius 3 is 2.56 bits per heavy atom. The molecule has 2 heterocycles. The maximum atomic E-state index is 13.1. The highest BCUT2D eigenvalue weighted by Gasteiger charge is 2.12. The van der Waals surface area contributed by atoms with E-state index in [-0.39, 0.29) is 5.82 Å². The van der Waals surface area contributed by atoms with E-state index >= 15 is 0 Å². The van der Waals surface area contributed by atoms with Gasteiger partial charge in [0, 0.05) is 24.5 Å². The van der Waals surface area contributed by atoms with Crippen LogP contribution < -0.4 is 5.73 Å². The van der Waals surface area contributed by atoms with Crippen LogP contribution in [0.2, 0.25) is 0 Å². The van der Waals surface area contributed by atoms with Crippen molar-refractivity contribution >= 4 is 16.9 Å². The molecule has 2 aromatic heterocycles. The molecule has 0 atom stereocenters. The van der Waals surface area contributed by atoms with Gasteiger partial charge in [0.2, 0.25) is 0 Å². The van der Waals surface area contributed by atoms with E-state index in [0.29, 0.717) is 22.6 Å². The Labute approximate surface area is 99.7 Å². The minimum Gasteiger partial charge on any atom is -0.382 e. The van der Waals surface area contributed by atoms with Gasteiger partial charge in [0.05, 0.1) is 11.0 Å². The molecule has 7 heteroatoms. The fraction of sp³-hybridized carbons (Fsp3) is 0. The van der Waals surface area contributed by atoms with E-state index in [1.807, 2.05) is 0 Å². The van der Waals surface area contributed by atoms with Crippen LogP contribution in [0.3, 0.4) is 0 Å². The monoisotopic (exact) mass is 247 g/mol. The number of halogens is 2. The van der Waals surface area contributed by atoms with Crippen LogP contribution in [0, 0.1) is 11.6 Å². The first-order valence-corrected chi connectivity index (χ1v) is 5.07. The first-order chi connectivity index (χ1) is 8.65. The van der Waals surface area contributed by atoms with Gasteiger partial charge in [-0.2, -0.15) is 0 Å². The summed E-state index contributed by atoms with van der Waals surface area (Å²) in [7, 11) is 0. The first-order valence-electron chi connectivity index (χ1n) is 5.07. The van der Waals surface area contributed by atoms with E-state index in [1.165, 1.54) is 12.4 Å². The molecule has 0 aliphatic heterocycles. The van der Waals surface area contributed by atoms with E-state index in [2.05, 4.69) is 19.9 Å². The molecule has 0 saturated heterocycles. The van der Waals surface area contributed by atoms with Crippen LogP contribution in [-0.2, 0) is 0 Å². The summed E-state index contributed by atoms with van der Waals surface area (Å²) < 4.78 is 26.1. The molecule has 0 spiro atoms. The second kappa shape index (κ2) is 3.73. The molecular formula is C11H7F2N5. The molecule has 0 amide bonds. The highest BCUT2D eigenvalue weighted by Crippen LogP contribution is 2.23. The van der Waals surface area contributed by atoms with E-state index in [0.717, 1.165) is 12.1 Å². The Morgan fingerprint density at radius 2 is 1.78 bits per heavy atom. The van der Waals surface area contributed by atoms with Gasteiger partial charge in [-0.3, -0.25) is 0 Å². The quantitative estimate of drug-likeness (QED) is 0.688. The standard InChI is InChI=1S/C11H7F2N5/c12-5-3-7-8(4-6(5)13)18-11(17-7)9-10(14)16-2-1-15-9/h1-4H,(H2,14,16)(H,17,18). The maximum absolute atomic E-state index is 13.1. The number of rotatable bonds is 1. The molecule has 3 aromatic rings. The summed E-state index contributed by atoms with van der Waals surface area (Å²) in [6.45, 7) is 0. The van der Waals surface area contributed by atoms with E-state index in [9.17, 15) is 8.78 Å². The third kappa shape index (κ3) is 1.56. The van der Waals surface area contributed by atoms with Crippen molar-refractivity contribution in [3.8, 4) is 11.5 Å². The van der Waals surface area contributed by atoms with E-state index in [1.54, 1.807) is 0 Å². The highest BCUT2D eigenvalue weighted by atomic mass is 19.2. The largest absolute Gasteiger partial charge is 0.382 e. The molecule has 3 N–H and O–H groups in total. The van der Waals surface area contributed by atoms with Crippen molar-refractivity contribution in [2.24, 2.45) is 0 Å². The molecule has 5 nitrogen and oxygen atoms in total. The number of fused-ring (bicyclic) bond motifs is 1. The van der Waals surface area contributed by atoms with Crippen molar-refractivity contribution in [3.05, 3.63) is 36.2 Å². The van der Waals surface area contributed by atoms with Crippen LogP contribution in [-0.4, -0.2) is 19.9 Å². The zero-order valence-corrected chi connectivity index (χ0v) is 8.98. The lowest BCUT2D eigenvalue weighted by Gasteiger charge is -1.97. The average Bonchev–Trinajstić information content (AvgIpc) is 2.73. The molecule has 0 fully saturated rings. The van der Waals surface area contributed by atoms with E-state index < -0.39 is 11.6 Å². The predicted octanol–water partition coefficient (Wildman–Crippen LogP) is 1.88. The predicted molar refractivity (Wildman–Crippen MR) is 61.4 cm³/mol. The second-order valence-corrected chi connectivity index (χ2v) is 3.66. The summed E-state index contributed by atoms with van der Waals surface area (Å²) in [6, 6.07) is 2.05. The molecular weight excluding hydrogens is 240 g/mol. The highest BCUT2D eigenvalue weighted by molar-refractivity contribution is 5.80. The lowest BCUT2D eigenvalue weighted by atomic mass is 10.3. The number of imidazole rings is 1. The molecule has 0 bridgehead atoms. The number of nitrogens with one attached hydrogen (secondary N) is 1. The summed E-state index contributed by atoms with van der Waals surface area (Å²) >= 11 is 0. The molecule has 3 rings (SSSR count). The van der Waals surface area contributed by atoms with Crippen molar-refractivity contribution < 1.29 is 8.78 Å². The molecule has 18 heavy (non-hydrogen) atoms. The Kier molecular flexibility index (Phi) is 2.19. The van der Waals surface area contributed by atoms with Crippen LogP contribution in [0.25, 0.3) is 22.6 Å². The van der Waals surface area contributed by atoms with Gasteiger partial charge in [-0.25, -0.2) is 23.7 Å². The number of aromatic nitrogens is 4. The normalized spacial score (nSPS) is 11.0. The van der Waals surface area contributed by atoms with Crippen molar-refractivity contribution in [1.82, 2.24) is 19.9 Å². The molecule has 0 saturated carbocycles. The lowest BCUT2D eigenvalue weighted by Crippen LogP contribution is -1.96. The topological polar surface area (TPSA) is 80.5 Å². The van der Waals surface area contributed by atoms with Crippen LogP contribution in [0.4, 0.5) is 14.6 Å². The van der Waals surface area contributed by atoms with Crippen molar-refractivity contribution in [2.45, 2.75) is 0 Å². The van der Waals surface area contributed by atoms with Gasteiger partial charge in [-0.05, 0) is 0 Å². The van der Waals surface area contributed by atoms with Crippen LogP contribution >= 0.6 is 0 Å². The number of hydrogen-bond acceptors (Lipinski definition) is 4. The van der Waals surface area contributed by atoms with Gasteiger partial charge in [0.15, 0.2) is 23.3 Å². The molecule has 0 unspecified atom stereocenters. The average molecular weight is 247 g/mol. The zero-order valence-electron chi connectivity index (χ0n) is 8.98. The SMILES string of the molecule is Nc1nccnc1-c1nc2cc(F)c(F)cc2[nH]1. The molecule has 0 aliphatic rings. The molecule has 0 radical (unpaired) electrons. The fourth-order valence-corrected chi connectivity index (χ4v) is 1.65. The number of nitrogens with two attached hydrogens (primary N) is 1. The van der Waals surface area contributed by atoms with Crippen LogP contribution in [0.15, 0.2) is 24.5 Å². The number of anilines is 1. The van der Waals surface area contributed by atoms with Crippen molar-refractivity contribution in [1.29, 1.82) is 0 Å². The third-order valence-corrected chi connectivity index (χ3v) is 2.47. The summed E-state index contributed by atoms with van der Waals surface area (Å²) in [5.41, 5.74) is 6.66. The smallest absolute Gasteiger partial charge is 0.161 e. The molecule has 90 valence electrons. The summed E-state index contributed by atoms with van der Waals surface area (Å²) in [6.07, 6.45) is 2.90. The Hall–Kier alpha value is -2.57. The fourth-order valence-electron chi connectivity index (χ4n) is 1.65. The molecule has 0 aliphatic carbocycles. The Morgan fingerprint density at radius 1 is 1.06 bits per heavy atom. The number of H-pyrrole nitrogens is 1. The van der Waals surface area contributed by atoms with E-state index in [4.69, 9.17) is 5.73 Å². The molecule has 1 aromatic carbocycles. The number of nitrogens with zero attached hydrogens (tertiary/aromatic N) is 3. The second-order valence-electron chi connectivity index (χ2n) is 3.66. The third-order valence-electron chi connectivity index (χ3n) is 2.47. The Bertz CT molecular complexity index is 698. The van der Waals surface area contributed by atoms with Gasteiger partial charge in [-0.1, -0.05) is 0 Å². The first kappa shape index (κ1) is 10.6. The van der Waals surface area contributed by atoms with Crippen molar-refractivity contribution in [2.75, 3.05) is 5.73 Å². The summed E-state index contributed by atoms with van der Waals surface area (Å²) in [5, 5.41) is 0. The summed E-state index contributed by atoms with van der Waals surface area (Å²) in [4.78, 5) is 14.8. The van der Waals surface area contributed by atoms with Gasteiger partial charge in [0.25, 0.3) is 0 Å². The van der Waals surface area contributed by atoms with Gasteiger partial charge in [0.1, 0.15) is 5.69 Å². The van der Waals surface area contributed by atoms with Crippen LogP contribution in [0.5, 0.6) is 0 Å². The number of hydrogen-bond donors (Lipinski definition) is 2.